The summed E-state index contributed by atoms with van der Waals surface area (Å²) in [5.74, 6) is -0.371. The summed E-state index contributed by atoms with van der Waals surface area (Å²) < 4.78 is 11.0. The van der Waals surface area contributed by atoms with Gasteiger partial charge in [0, 0.05) is 32.0 Å². The average molecular weight is 368 g/mol. The second-order valence-corrected chi connectivity index (χ2v) is 7.05. The second-order valence-electron chi connectivity index (χ2n) is 6.64. The van der Waals surface area contributed by atoms with Gasteiger partial charge in [-0.05, 0) is 25.0 Å². The third-order valence-electron chi connectivity index (χ3n) is 5.11. The topological polar surface area (TPSA) is 76.1 Å². The number of fused-ring (bicyclic) bond motifs is 1. The SMILES string of the molecule is O=C(CCCOc1ccccc1Cl)N1C[C@H]2COCC[C@@]2(C(=O)O)C1. The lowest BCUT2D eigenvalue weighted by atomic mass is 9.74. The van der Waals surface area contributed by atoms with Crippen molar-refractivity contribution < 1.29 is 24.2 Å². The van der Waals surface area contributed by atoms with E-state index in [9.17, 15) is 14.7 Å². The van der Waals surface area contributed by atoms with Crippen LogP contribution in [-0.2, 0) is 14.3 Å². The van der Waals surface area contributed by atoms with E-state index < -0.39 is 11.4 Å². The standard InChI is InChI=1S/C18H22ClNO5/c19-14-4-1-2-5-15(14)25-8-3-6-16(21)20-10-13-11-24-9-7-18(13,12-20)17(22)23/h1-2,4-5,13H,3,6-12H2,(H,22,23)/t13-,18+/m0/s1. The Morgan fingerprint density at radius 1 is 1.40 bits per heavy atom. The van der Waals surface area contributed by atoms with Crippen LogP contribution in [0.25, 0.3) is 0 Å². The number of carboxylic acids is 1. The highest BCUT2D eigenvalue weighted by molar-refractivity contribution is 6.32. The third-order valence-corrected chi connectivity index (χ3v) is 5.43. The summed E-state index contributed by atoms with van der Waals surface area (Å²) in [5.41, 5.74) is -0.845. The van der Waals surface area contributed by atoms with E-state index in [-0.39, 0.29) is 18.4 Å². The largest absolute Gasteiger partial charge is 0.492 e. The number of carboxylic acid groups (broad SMARTS) is 1. The van der Waals surface area contributed by atoms with Gasteiger partial charge in [0.05, 0.1) is 23.7 Å². The van der Waals surface area contributed by atoms with E-state index in [4.69, 9.17) is 21.1 Å². The molecule has 0 aromatic heterocycles. The molecule has 0 unspecified atom stereocenters. The van der Waals surface area contributed by atoms with E-state index in [1.807, 2.05) is 12.1 Å². The molecule has 1 aromatic carbocycles. The molecular weight excluding hydrogens is 346 g/mol. The predicted octanol–water partition coefficient (Wildman–Crippen LogP) is 2.45. The first-order chi connectivity index (χ1) is 12.0. The molecule has 6 nitrogen and oxygen atoms in total. The molecule has 136 valence electrons. The fraction of sp³-hybridized carbons (Fsp3) is 0.556. The molecule has 1 N–H and O–H groups in total. The Bertz CT molecular complexity index is 652. The van der Waals surface area contributed by atoms with Crippen molar-refractivity contribution in [2.45, 2.75) is 19.3 Å². The van der Waals surface area contributed by atoms with Gasteiger partial charge in [0.2, 0.25) is 5.91 Å². The Labute approximate surface area is 151 Å². The fourth-order valence-corrected chi connectivity index (χ4v) is 3.81. The zero-order valence-corrected chi connectivity index (χ0v) is 14.7. The Hall–Kier alpha value is -1.79. The highest BCUT2D eigenvalue weighted by Crippen LogP contribution is 2.42. The first-order valence-electron chi connectivity index (χ1n) is 8.49. The lowest BCUT2D eigenvalue weighted by Gasteiger charge is -2.33. The van der Waals surface area contributed by atoms with E-state index in [1.54, 1.807) is 17.0 Å². The van der Waals surface area contributed by atoms with Crippen LogP contribution in [0.2, 0.25) is 5.02 Å². The van der Waals surface area contributed by atoms with Crippen molar-refractivity contribution in [3.63, 3.8) is 0 Å². The van der Waals surface area contributed by atoms with Crippen molar-refractivity contribution >= 4 is 23.5 Å². The number of rotatable bonds is 6. The molecule has 25 heavy (non-hydrogen) atoms. The number of likely N-dealkylation sites (tertiary alicyclic amines) is 1. The van der Waals surface area contributed by atoms with Crippen LogP contribution in [0.15, 0.2) is 24.3 Å². The fourth-order valence-electron chi connectivity index (χ4n) is 3.61. The summed E-state index contributed by atoms with van der Waals surface area (Å²) >= 11 is 6.02. The lowest BCUT2D eigenvalue weighted by molar-refractivity contribution is -0.157. The van der Waals surface area contributed by atoms with Gasteiger partial charge in [-0.2, -0.15) is 0 Å². The van der Waals surface area contributed by atoms with Gasteiger partial charge in [-0.3, -0.25) is 9.59 Å². The molecule has 0 aliphatic carbocycles. The van der Waals surface area contributed by atoms with Crippen molar-refractivity contribution in [1.82, 2.24) is 4.90 Å². The Kier molecular flexibility index (Phi) is 5.49. The lowest BCUT2D eigenvalue weighted by Crippen LogP contribution is -2.45. The molecule has 1 amide bonds. The highest BCUT2D eigenvalue weighted by Gasteiger charge is 2.54. The van der Waals surface area contributed by atoms with Crippen LogP contribution in [0.5, 0.6) is 5.75 Å². The molecule has 2 fully saturated rings. The number of halogens is 1. The minimum atomic E-state index is -0.845. The summed E-state index contributed by atoms with van der Waals surface area (Å²) in [7, 11) is 0. The highest BCUT2D eigenvalue weighted by atomic mass is 35.5. The Morgan fingerprint density at radius 3 is 2.92 bits per heavy atom. The molecule has 2 aliphatic heterocycles. The van der Waals surface area contributed by atoms with Crippen LogP contribution < -0.4 is 4.74 Å². The number of hydrogen-bond acceptors (Lipinski definition) is 4. The van der Waals surface area contributed by atoms with Gasteiger partial charge in [-0.1, -0.05) is 23.7 Å². The molecule has 1 aromatic rings. The molecular formula is C18H22ClNO5. The number of para-hydroxylation sites is 1. The van der Waals surface area contributed by atoms with Gasteiger partial charge in [-0.15, -0.1) is 0 Å². The summed E-state index contributed by atoms with van der Waals surface area (Å²) in [4.78, 5) is 25.9. The molecule has 2 saturated heterocycles. The number of carbonyl (C=O) groups is 2. The summed E-state index contributed by atoms with van der Waals surface area (Å²) in [6.45, 7) is 1.97. The normalized spacial score (nSPS) is 25.5. The van der Waals surface area contributed by atoms with Crippen LogP contribution >= 0.6 is 11.6 Å². The summed E-state index contributed by atoms with van der Waals surface area (Å²) in [5, 5.41) is 10.2. The number of ether oxygens (including phenoxy) is 2. The van der Waals surface area contributed by atoms with Gasteiger partial charge in [0.25, 0.3) is 0 Å². The number of carbonyl (C=O) groups excluding carboxylic acids is 1. The Balaban J connectivity index is 1.49. The monoisotopic (exact) mass is 367 g/mol. The average Bonchev–Trinajstić information content (AvgIpc) is 3.01. The number of hydrogen-bond donors (Lipinski definition) is 1. The predicted molar refractivity (Wildman–Crippen MR) is 91.8 cm³/mol. The minimum absolute atomic E-state index is 0.0298. The van der Waals surface area contributed by atoms with Crippen molar-refractivity contribution in [2.24, 2.45) is 11.3 Å². The van der Waals surface area contributed by atoms with E-state index in [0.717, 1.165) is 0 Å². The molecule has 0 radical (unpaired) electrons. The number of benzene rings is 1. The molecule has 2 atom stereocenters. The van der Waals surface area contributed by atoms with Crippen molar-refractivity contribution in [2.75, 3.05) is 32.9 Å². The quantitative estimate of drug-likeness (QED) is 0.781. The zero-order valence-electron chi connectivity index (χ0n) is 13.9. The van der Waals surface area contributed by atoms with E-state index in [2.05, 4.69) is 0 Å². The van der Waals surface area contributed by atoms with Gasteiger partial charge in [0.1, 0.15) is 5.75 Å². The molecule has 2 aliphatic rings. The zero-order chi connectivity index (χ0) is 17.9. The van der Waals surface area contributed by atoms with Crippen molar-refractivity contribution in [1.29, 1.82) is 0 Å². The van der Waals surface area contributed by atoms with E-state index in [1.165, 1.54) is 0 Å². The van der Waals surface area contributed by atoms with Crippen LogP contribution in [0.4, 0.5) is 0 Å². The smallest absolute Gasteiger partial charge is 0.311 e. The van der Waals surface area contributed by atoms with Gasteiger partial charge < -0.3 is 19.5 Å². The van der Waals surface area contributed by atoms with Crippen molar-refractivity contribution in [3.8, 4) is 5.75 Å². The van der Waals surface area contributed by atoms with Gasteiger partial charge >= 0.3 is 5.97 Å². The molecule has 0 saturated carbocycles. The number of amides is 1. The van der Waals surface area contributed by atoms with Crippen LogP contribution in [0.1, 0.15) is 19.3 Å². The van der Waals surface area contributed by atoms with Gasteiger partial charge in [-0.25, -0.2) is 0 Å². The maximum atomic E-state index is 12.4. The van der Waals surface area contributed by atoms with Crippen LogP contribution in [-0.4, -0.2) is 54.8 Å². The summed E-state index contributed by atoms with van der Waals surface area (Å²) in [6.07, 6.45) is 1.35. The molecule has 0 spiro atoms. The molecule has 3 rings (SSSR count). The number of nitrogens with zero attached hydrogens (tertiary/aromatic N) is 1. The van der Waals surface area contributed by atoms with E-state index in [0.29, 0.717) is 56.4 Å². The maximum absolute atomic E-state index is 12.4. The van der Waals surface area contributed by atoms with Gasteiger partial charge in [0.15, 0.2) is 0 Å². The summed E-state index contributed by atoms with van der Waals surface area (Å²) in [6, 6.07) is 7.20. The first-order valence-corrected chi connectivity index (χ1v) is 8.87. The Morgan fingerprint density at radius 2 is 2.20 bits per heavy atom. The minimum Gasteiger partial charge on any atom is -0.492 e. The third kappa shape index (κ3) is 3.75. The molecule has 2 heterocycles. The molecule has 7 heteroatoms. The van der Waals surface area contributed by atoms with Crippen LogP contribution in [0.3, 0.4) is 0 Å². The van der Waals surface area contributed by atoms with Crippen molar-refractivity contribution in [3.05, 3.63) is 29.3 Å². The van der Waals surface area contributed by atoms with E-state index >= 15 is 0 Å². The first kappa shape index (κ1) is 18.0. The second kappa shape index (κ2) is 7.62. The van der Waals surface area contributed by atoms with Crippen LogP contribution in [0, 0.1) is 11.3 Å². The maximum Gasteiger partial charge on any atom is 0.311 e. The molecule has 0 bridgehead atoms. The number of aliphatic carboxylic acids is 1.